The molecule has 3 aromatic rings. The highest BCUT2D eigenvalue weighted by Crippen LogP contribution is 2.51. The highest BCUT2D eigenvalue weighted by atomic mass is 19.4. The van der Waals surface area contributed by atoms with Crippen molar-refractivity contribution in [3.63, 3.8) is 0 Å². The Hall–Kier alpha value is -3.05. The van der Waals surface area contributed by atoms with Crippen molar-refractivity contribution in [1.29, 1.82) is 0 Å². The molecule has 1 aliphatic heterocycles. The van der Waals surface area contributed by atoms with Crippen LogP contribution in [0.1, 0.15) is 31.2 Å². The van der Waals surface area contributed by atoms with E-state index in [1.807, 2.05) is 0 Å². The van der Waals surface area contributed by atoms with Crippen molar-refractivity contribution < 1.29 is 26.7 Å². The summed E-state index contributed by atoms with van der Waals surface area (Å²) in [5.74, 6) is 0.422. The summed E-state index contributed by atoms with van der Waals surface area (Å²) in [5.41, 5.74) is -0.0493. The van der Waals surface area contributed by atoms with Crippen LogP contribution in [0.5, 0.6) is 5.75 Å². The van der Waals surface area contributed by atoms with Gasteiger partial charge in [-0.25, -0.2) is 23.4 Å². The van der Waals surface area contributed by atoms with E-state index >= 15 is 0 Å². The first-order valence-corrected chi connectivity index (χ1v) is 10.6. The maximum absolute atomic E-state index is 13.2. The Labute approximate surface area is 185 Å². The molecule has 0 unspecified atom stereocenters. The molecule has 1 saturated carbocycles. The highest BCUT2D eigenvalue weighted by Gasteiger charge is 2.48. The van der Waals surface area contributed by atoms with Gasteiger partial charge in [0.1, 0.15) is 29.2 Å². The molecule has 0 atom stereocenters. The Bertz CT molecular complexity index is 1130. The number of pyridine rings is 1. The van der Waals surface area contributed by atoms with Gasteiger partial charge in [0, 0.05) is 25.5 Å². The molecule has 1 saturated heterocycles. The van der Waals surface area contributed by atoms with Crippen molar-refractivity contribution in [3.8, 4) is 5.75 Å². The average Bonchev–Trinajstić information content (AvgIpc) is 3.14. The van der Waals surface area contributed by atoms with Gasteiger partial charge < -0.3 is 9.64 Å². The number of rotatable bonds is 5. The summed E-state index contributed by atoms with van der Waals surface area (Å²) in [6.45, 7) is 0.845. The van der Waals surface area contributed by atoms with Crippen molar-refractivity contribution in [2.45, 2.75) is 50.9 Å². The first kappa shape index (κ1) is 21.8. The standard InChI is InChI=1S/C21H21F5N6O/c22-17(23)12-32-19-15(10-29-32)28-11-18(30-19)31-5-2-20(3-6-31)7-13(8-20)33-16-1-4-27-9-14(16)21(24,25)26/h1,4,9-11,13,17H,2-3,5-8,12H2. The minimum absolute atomic E-state index is 0.0293. The van der Waals surface area contributed by atoms with Crippen molar-refractivity contribution in [1.82, 2.24) is 24.7 Å². The number of halogens is 5. The number of alkyl halides is 5. The number of anilines is 1. The molecule has 2 fully saturated rings. The van der Waals surface area contributed by atoms with E-state index in [0.29, 0.717) is 42.9 Å². The van der Waals surface area contributed by atoms with Gasteiger partial charge in [0.05, 0.1) is 18.5 Å². The van der Waals surface area contributed by atoms with Crippen LogP contribution in [0.3, 0.4) is 0 Å². The topological polar surface area (TPSA) is 69.0 Å². The lowest BCUT2D eigenvalue weighted by Crippen LogP contribution is -2.51. The SMILES string of the molecule is FC(F)Cn1ncc2ncc(N3CCC4(CC3)CC(Oc3ccncc3C(F)(F)F)C4)nc21. The molecule has 1 aliphatic carbocycles. The lowest BCUT2D eigenvalue weighted by molar-refractivity contribution is -0.140. The number of aromatic nitrogens is 5. The smallest absolute Gasteiger partial charge is 0.421 e. The maximum Gasteiger partial charge on any atom is 0.421 e. The normalized spacial score (nSPS) is 18.8. The molecule has 0 aromatic carbocycles. The van der Waals surface area contributed by atoms with Gasteiger partial charge >= 0.3 is 6.18 Å². The average molecular weight is 468 g/mol. The number of hydrogen-bond donors (Lipinski definition) is 0. The molecule has 3 aromatic heterocycles. The summed E-state index contributed by atoms with van der Waals surface area (Å²) >= 11 is 0. The van der Waals surface area contributed by atoms with Crippen LogP contribution in [0.15, 0.2) is 30.9 Å². The van der Waals surface area contributed by atoms with Crippen LogP contribution in [-0.4, -0.2) is 50.4 Å². The summed E-state index contributed by atoms with van der Waals surface area (Å²) < 4.78 is 71.8. The molecule has 0 N–H and O–H groups in total. The van der Waals surface area contributed by atoms with E-state index in [9.17, 15) is 22.0 Å². The van der Waals surface area contributed by atoms with E-state index in [1.165, 1.54) is 18.5 Å². The van der Waals surface area contributed by atoms with E-state index in [0.717, 1.165) is 23.7 Å². The van der Waals surface area contributed by atoms with E-state index in [1.54, 1.807) is 6.20 Å². The largest absolute Gasteiger partial charge is 0.490 e. The molecule has 0 bridgehead atoms. The number of fused-ring (bicyclic) bond motifs is 1. The number of nitrogens with zero attached hydrogens (tertiary/aromatic N) is 6. The molecule has 33 heavy (non-hydrogen) atoms. The van der Waals surface area contributed by atoms with Crippen molar-refractivity contribution >= 4 is 17.0 Å². The van der Waals surface area contributed by atoms with Gasteiger partial charge in [-0.2, -0.15) is 18.3 Å². The predicted molar refractivity (Wildman–Crippen MR) is 108 cm³/mol. The highest BCUT2D eigenvalue weighted by molar-refractivity contribution is 5.71. The quantitative estimate of drug-likeness (QED) is 0.519. The Kier molecular flexibility index (Phi) is 5.32. The molecular weight excluding hydrogens is 447 g/mol. The van der Waals surface area contributed by atoms with Gasteiger partial charge in [-0.15, -0.1) is 0 Å². The van der Waals surface area contributed by atoms with Gasteiger partial charge in [-0.3, -0.25) is 4.98 Å². The molecular formula is C21H21F5N6O. The fourth-order valence-corrected chi connectivity index (χ4v) is 4.74. The van der Waals surface area contributed by atoms with E-state index < -0.39 is 24.7 Å². The minimum Gasteiger partial charge on any atom is -0.490 e. The van der Waals surface area contributed by atoms with Gasteiger partial charge in [-0.05, 0) is 37.2 Å². The molecule has 5 rings (SSSR count). The summed E-state index contributed by atoms with van der Waals surface area (Å²) in [6, 6.07) is 1.25. The molecule has 176 valence electrons. The van der Waals surface area contributed by atoms with Crippen molar-refractivity contribution in [2.75, 3.05) is 18.0 Å². The second-order valence-electron chi connectivity index (χ2n) is 8.66. The van der Waals surface area contributed by atoms with Crippen molar-refractivity contribution in [3.05, 3.63) is 36.4 Å². The lowest BCUT2D eigenvalue weighted by Gasteiger charge is -2.52. The first-order valence-electron chi connectivity index (χ1n) is 10.6. The first-order chi connectivity index (χ1) is 15.7. The lowest BCUT2D eigenvalue weighted by atomic mass is 9.61. The zero-order valence-electron chi connectivity index (χ0n) is 17.5. The molecule has 0 amide bonds. The summed E-state index contributed by atoms with van der Waals surface area (Å²) in [6.07, 6.45) is 0.848. The van der Waals surface area contributed by atoms with Crippen LogP contribution >= 0.6 is 0 Å². The van der Waals surface area contributed by atoms with Crippen LogP contribution in [0.4, 0.5) is 27.8 Å². The zero-order chi connectivity index (χ0) is 23.2. The Morgan fingerprint density at radius 1 is 1.12 bits per heavy atom. The van der Waals surface area contributed by atoms with Gasteiger partial charge in [-0.1, -0.05) is 0 Å². The third-order valence-corrected chi connectivity index (χ3v) is 6.49. The summed E-state index contributed by atoms with van der Waals surface area (Å²) in [4.78, 5) is 14.4. The Morgan fingerprint density at radius 3 is 2.58 bits per heavy atom. The third-order valence-electron chi connectivity index (χ3n) is 6.49. The molecule has 12 heteroatoms. The summed E-state index contributed by atoms with van der Waals surface area (Å²) in [5, 5.41) is 3.94. The fourth-order valence-electron chi connectivity index (χ4n) is 4.74. The van der Waals surface area contributed by atoms with E-state index in [-0.39, 0.29) is 17.3 Å². The molecule has 0 radical (unpaired) electrons. The monoisotopic (exact) mass is 468 g/mol. The molecule has 7 nitrogen and oxygen atoms in total. The van der Waals surface area contributed by atoms with Crippen LogP contribution in [-0.2, 0) is 12.7 Å². The Balaban J connectivity index is 1.21. The van der Waals surface area contributed by atoms with Crippen LogP contribution in [0, 0.1) is 5.41 Å². The third kappa shape index (κ3) is 4.30. The van der Waals surface area contributed by atoms with Crippen LogP contribution in [0.2, 0.25) is 0 Å². The summed E-state index contributed by atoms with van der Waals surface area (Å²) in [7, 11) is 0. The van der Waals surface area contributed by atoms with Gasteiger partial charge in [0.25, 0.3) is 6.43 Å². The molecule has 1 spiro atoms. The zero-order valence-corrected chi connectivity index (χ0v) is 17.5. The minimum atomic E-state index is -4.51. The van der Waals surface area contributed by atoms with Gasteiger partial charge in [0.15, 0.2) is 5.65 Å². The predicted octanol–water partition coefficient (Wildman–Crippen LogP) is 4.33. The van der Waals surface area contributed by atoms with Crippen molar-refractivity contribution in [2.24, 2.45) is 5.41 Å². The van der Waals surface area contributed by atoms with E-state index in [4.69, 9.17) is 4.74 Å². The number of piperidine rings is 1. The number of ether oxygens (including phenoxy) is 1. The second kappa shape index (κ2) is 8.07. The molecule has 4 heterocycles. The fraction of sp³-hybridized carbons (Fsp3) is 0.524. The number of hydrogen-bond acceptors (Lipinski definition) is 6. The maximum atomic E-state index is 13.2. The van der Waals surface area contributed by atoms with Gasteiger partial charge in [0.2, 0.25) is 0 Å². The van der Waals surface area contributed by atoms with Crippen LogP contribution in [0.25, 0.3) is 11.2 Å². The van der Waals surface area contributed by atoms with Crippen LogP contribution < -0.4 is 9.64 Å². The Morgan fingerprint density at radius 2 is 1.88 bits per heavy atom. The second-order valence-corrected chi connectivity index (χ2v) is 8.66. The van der Waals surface area contributed by atoms with E-state index in [2.05, 4.69) is 25.0 Å². The molecule has 2 aliphatic rings.